The van der Waals surface area contributed by atoms with Crippen LogP contribution in [0.4, 0.5) is 4.39 Å². The Hall–Kier alpha value is -1.86. The van der Waals surface area contributed by atoms with E-state index < -0.39 is 5.82 Å². The normalized spacial score (nSPS) is 9.89. The van der Waals surface area contributed by atoms with E-state index in [1.54, 1.807) is 37.3 Å². The van der Waals surface area contributed by atoms with Gasteiger partial charge in [0.1, 0.15) is 11.8 Å². The molecule has 0 N–H and O–H groups in total. The number of halogens is 2. The first kappa shape index (κ1) is 12.6. The molecule has 4 heteroatoms. The number of aryl methyl sites for hydroxylation is 1. The third-order valence-corrected chi connectivity index (χ3v) is 2.93. The zero-order chi connectivity index (χ0) is 13.1. The molecule has 0 fully saturated rings. The van der Waals surface area contributed by atoms with Crippen molar-refractivity contribution < 1.29 is 9.13 Å². The minimum absolute atomic E-state index is 0.115. The van der Waals surface area contributed by atoms with Crippen LogP contribution < -0.4 is 4.74 Å². The maximum atomic E-state index is 13.8. The number of ether oxygens (including phenoxy) is 1. The van der Waals surface area contributed by atoms with Crippen LogP contribution in [0.5, 0.6) is 11.5 Å². The third-order valence-electron chi connectivity index (χ3n) is 2.44. The molecule has 0 saturated heterocycles. The highest BCUT2D eigenvalue weighted by Gasteiger charge is 2.10. The first-order valence-electron chi connectivity index (χ1n) is 5.24. The standard InChI is InChI=1S/C14H9BrFNO/c1-9-3-2-4-12(14(9)16)18-13-7-11(15)6-5-10(13)8-17/h2-7H,1H3. The molecule has 2 aromatic carbocycles. The zero-order valence-corrected chi connectivity index (χ0v) is 11.2. The minimum Gasteiger partial charge on any atom is -0.453 e. The summed E-state index contributed by atoms with van der Waals surface area (Å²) in [7, 11) is 0. The predicted molar refractivity (Wildman–Crippen MR) is 70.1 cm³/mol. The van der Waals surface area contributed by atoms with E-state index in [1.165, 1.54) is 6.07 Å². The van der Waals surface area contributed by atoms with E-state index >= 15 is 0 Å². The number of hydrogen-bond acceptors (Lipinski definition) is 2. The molecule has 0 saturated carbocycles. The van der Waals surface area contributed by atoms with Crippen molar-refractivity contribution in [2.24, 2.45) is 0 Å². The van der Waals surface area contributed by atoms with E-state index in [-0.39, 0.29) is 5.75 Å². The molecule has 0 amide bonds. The summed E-state index contributed by atoms with van der Waals surface area (Å²) in [5, 5.41) is 8.97. The van der Waals surface area contributed by atoms with Crippen molar-refractivity contribution in [3.63, 3.8) is 0 Å². The first-order valence-corrected chi connectivity index (χ1v) is 6.03. The lowest BCUT2D eigenvalue weighted by Gasteiger charge is -2.09. The largest absolute Gasteiger partial charge is 0.453 e. The van der Waals surface area contributed by atoms with Gasteiger partial charge < -0.3 is 4.74 Å². The zero-order valence-electron chi connectivity index (χ0n) is 9.58. The molecule has 0 aliphatic carbocycles. The second-order valence-corrected chi connectivity index (χ2v) is 4.66. The molecule has 0 heterocycles. The molecule has 0 radical (unpaired) electrons. The SMILES string of the molecule is Cc1cccc(Oc2cc(Br)ccc2C#N)c1F. The van der Waals surface area contributed by atoms with Crippen molar-refractivity contribution in [2.45, 2.75) is 6.92 Å². The van der Waals surface area contributed by atoms with Gasteiger partial charge in [-0.3, -0.25) is 0 Å². The Morgan fingerprint density at radius 3 is 2.72 bits per heavy atom. The van der Waals surface area contributed by atoms with Gasteiger partial charge in [-0.15, -0.1) is 0 Å². The summed E-state index contributed by atoms with van der Waals surface area (Å²) in [6.45, 7) is 1.66. The van der Waals surface area contributed by atoms with E-state index in [9.17, 15) is 4.39 Å². The molecule has 0 aromatic heterocycles. The fraction of sp³-hybridized carbons (Fsp3) is 0.0714. The third kappa shape index (κ3) is 2.52. The van der Waals surface area contributed by atoms with Gasteiger partial charge in [-0.25, -0.2) is 4.39 Å². The molecule has 0 unspecified atom stereocenters. The van der Waals surface area contributed by atoms with Crippen LogP contribution in [-0.2, 0) is 0 Å². The smallest absolute Gasteiger partial charge is 0.168 e. The number of benzene rings is 2. The molecule has 2 aromatic rings. The van der Waals surface area contributed by atoms with Gasteiger partial charge in [0.2, 0.25) is 0 Å². The molecular formula is C14H9BrFNO. The van der Waals surface area contributed by atoms with Crippen LogP contribution in [0.15, 0.2) is 40.9 Å². The lowest BCUT2D eigenvalue weighted by molar-refractivity contribution is 0.438. The molecule has 90 valence electrons. The van der Waals surface area contributed by atoms with Crippen molar-refractivity contribution >= 4 is 15.9 Å². The van der Waals surface area contributed by atoms with Crippen LogP contribution in [0, 0.1) is 24.1 Å². The molecule has 0 bridgehead atoms. The molecule has 0 aliphatic heterocycles. The van der Waals surface area contributed by atoms with Crippen LogP contribution >= 0.6 is 15.9 Å². The van der Waals surface area contributed by atoms with E-state index in [4.69, 9.17) is 10.00 Å². The van der Waals surface area contributed by atoms with Crippen LogP contribution in [0.3, 0.4) is 0 Å². The Bertz CT molecular complexity index is 634. The van der Waals surface area contributed by atoms with E-state index in [0.717, 1.165) is 4.47 Å². The number of rotatable bonds is 2. The van der Waals surface area contributed by atoms with Crippen molar-refractivity contribution in [3.05, 3.63) is 57.8 Å². The van der Waals surface area contributed by atoms with Gasteiger partial charge in [-0.1, -0.05) is 28.1 Å². The van der Waals surface area contributed by atoms with E-state index in [0.29, 0.717) is 16.9 Å². The summed E-state index contributed by atoms with van der Waals surface area (Å²) in [5.74, 6) is 0.0299. The molecule has 2 nitrogen and oxygen atoms in total. The minimum atomic E-state index is -0.415. The fourth-order valence-electron chi connectivity index (χ4n) is 1.49. The Morgan fingerprint density at radius 1 is 1.22 bits per heavy atom. The van der Waals surface area contributed by atoms with Crippen LogP contribution in [0.25, 0.3) is 0 Å². The number of hydrogen-bond donors (Lipinski definition) is 0. The van der Waals surface area contributed by atoms with E-state index in [1.807, 2.05) is 6.07 Å². The average Bonchev–Trinajstić information content (AvgIpc) is 2.35. The second kappa shape index (κ2) is 5.19. The summed E-state index contributed by atoms with van der Waals surface area (Å²) in [4.78, 5) is 0. The highest BCUT2D eigenvalue weighted by atomic mass is 79.9. The molecule has 2 rings (SSSR count). The first-order chi connectivity index (χ1) is 8.61. The molecular weight excluding hydrogens is 297 g/mol. The summed E-state index contributed by atoms with van der Waals surface area (Å²) >= 11 is 3.29. The predicted octanol–water partition coefficient (Wildman–Crippen LogP) is 4.56. The van der Waals surface area contributed by atoms with E-state index in [2.05, 4.69) is 15.9 Å². The van der Waals surface area contributed by atoms with Crippen molar-refractivity contribution in [1.82, 2.24) is 0 Å². The molecule has 18 heavy (non-hydrogen) atoms. The maximum Gasteiger partial charge on any atom is 0.168 e. The Labute approximate surface area is 113 Å². The summed E-state index contributed by atoms with van der Waals surface area (Å²) in [6, 6.07) is 11.9. The van der Waals surface area contributed by atoms with Crippen LogP contribution in [0.1, 0.15) is 11.1 Å². The Morgan fingerprint density at radius 2 is 2.00 bits per heavy atom. The number of nitrogens with zero attached hydrogens (tertiary/aromatic N) is 1. The topological polar surface area (TPSA) is 33.0 Å². The lowest BCUT2D eigenvalue weighted by Crippen LogP contribution is -1.93. The Balaban J connectivity index is 2.43. The van der Waals surface area contributed by atoms with Gasteiger partial charge in [0.25, 0.3) is 0 Å². The second-order valence-electron chi connectivity index (χ2n) is 3.74. The molecule has 0 spiro atoms. The highest BCUT2D eigenvalue weighted by molar-refractivity contribution is 9.10. The summed E-state index contributed by atoms with van der Waals surface area (Å²) < 4.78 is 20.0. The lowest BCUT2D eigenvalue weighted by atomic mass is 10.2. The number of nitriles is 1. The monoisotopic (exact) mass is 305 g/mol. The summed E-state index contributed by atoms with van der Waals surface area (Å²) in [5.41, 5.74) is 0.861. The summed E-state index contributed by atoms with van der Waals surface area (Å²) in [6.07, 6.45) is 0. The fourth-order valence-corrected chi connectivity index (χ4v) is 1.83. The van der Waals surface area contributed by atoms with Gasteiger partial charge in [-0.05, 0) is 36.8 Å². The van der Waals surface area contributed by atoms with Gasteiger partial charge in [0.15, 0.2) is 11.6 Å². The maximum absolute atomic E-state index is 13.8. The van der Waals surface area contributed by atoms with Crippen molar-refractivity contribution in [3.8, 4) is 17.6 Å². The van der Waals surface area contributed by atoms with Gasteiger partial charge in [0.05, 0.1) is 5.56 Å². The van der Waals surface area contributed by atoms with Gasteiger partial charge in [0, 0.05) is 4.47 Å². The van der Waals surface area contributed by atoms with Crippen LogP contribution in [-0.4, -0.2) is 0 Å². The Kier molecular flexibility index (Phi) is 3.63. The molecule has 0 atom stereocenters. The van der Waals surface area contributed by atoms with Gasteiger partial charge >= 0.3 is 0 Å². The van der Waals surface area contributed by atoms with Crippen molar-refractivity contribution in [1.29, 1.82) is 5.26 Å². The van der Waals surface area contributed by atoms with Crippen LogP contribution in [0.2, 0.25) is 0 Å². The van der Waals surface area contributed by atoms with Crippen molar-refractivity contribution in [2.75, 3.05) is 0 Å². The quantitative estimate of drug-likeness (QED) is 0.815. The average molecular weight is 306 g/mol. The van der Waals surface area contributed by atoms with Gasteiger partial charge in [-0.2, -0.15) is 5.26 Å². The molecule has 0 aliphatic rings. The highest BCUT2D eigenvalue weighted by Crippen LogP contribution is 2.30.